The number of rotatable bonds is 13. The van der Waals surface area contributed by atoms with Crippen LogP contribution in [0.2, 0.25) is 0 Å². The molecule has 1 aliphatic heterocycles. The summed E-state index contributed by atoms with van der Waals surface area (Å²) in [6.07, 6.45) is 2.54. The predicted molar refractivity (Wildman–Crippen MR) is 139 cm³/mol. The van der Waals surface area contributed by atoms with Gasteiger partial charge in [0.05, 0.1) is 23.5 Å². The van der Waals surface area contributed by atoms with Crippen LogP contribution in [0.3, 0.4) is 0 Å². The molecule has 0 spiro atoms. The highest BCUT2D eigenvalue weighted by Crippen LogP contribution is 2.38. The lowest BCUT2D eigenvalue weighted by molar-refractivity contribution is 0.0651. The number of imide groups is 1. The summed E-state index contributed by atoms with van der Waals surface area (Å²) in [6, 6.07) is 10.7. The van der Waals surface area contributed by atoms with Gasteiger partial charge >= 0.3 is 0 Å². The van der Waals surface area contributed by atoms with Crippen molar-refractivity contribution in [3.63, 3.8) is 0 Å². The number of carbonyl (C=O) groups excluding carboxylic acids is 2. The fraction of sp³-hybridized carbons (Fsp3) is 0.500. The maximum Gasteiger partial charge on any atom is 0.261 e. The van der Waals surface area contributed by atoms with Crippen LogP contribution in [-0.2, 0) is 10.0 Å². The molecule has 2 aliphatic rings. The molecule has 1 N–H and O–H groups in total. The lowest BCUT2D eigenvalue weighted by Gasteiger charge is -2.23. The van der Waals surface area contributed by atoms with Crippen LogP contribution in [0.5, 0.6) is 5.75 Å². The van der Waals surface area contributed by atoms with Crippen molar-refractivity contribution in [3.8, 4) is 5.75 Å². The van der Waals surface area contributed by atoms with E-state index in [4.69, 9.17) is 4.74 Å². The van der Waals surface area contributed by atoms with Crippen molar-refractivity contribution in [2.24, 2.45) is 17.8 Å². The maximum atomic E-state index is 14.3. The molecule has 1 saturated carbocycles. The van der Waals surface area contributed by atoms with Crippen molar-refractivity contribution in [3.05, 3.63) is 65.0 Å². The van der Waals surface area contributed by atoms with Crippen LogP contribution < -0.4 is 9.46 Å². The van der Waals surface area contributed by atoms with Gasteiger partial charge in [0.15, 0.2) is 11.6 Å². The van der Waals surface area contributed by atoms with Crippen molar-refractivity contribution in [2.45, 2.75) is 52.5 Å². The number of sulfonamides is 1. The molecule has 1 heterocycles. The molecular weight excluding hydrogens is 495 g/mol. The van der Waals surface area contributed by atoms with Gasteiger partial charge in [0.25, 0.3) is 11.8 Å². The number of hydrogen-bond acceptors (Lipinski definition) is 5. The van der Waals surface area contributed by atoms with Gasteiger partial charge in [0.1, 0.15) is 0 Å². The molecule has 0 bridgehead atoms. The molecule has 0 aromatic heterocycles. The molecule has 0 radical (unpaired) electrons. The van der Waals surface area contributed by atoms with Gasteiger partial charge in [-0.05, 0) is 66.8 Å². The first-order valence-electron chi connectivity index (χ1n) is 12.9. The van der Waals surface area contributed by atoms with Crippen LogP contribution in [0.25, 0.3) is 0 Å². The number of hydrogen-bond donors (Lipinski definition) is 1. The minimum atomic E-state index is -3.62. The van der Waals surface area contributed by atoms with E-state index in [1.165, 1.54) is 11.0 Å². The first-order valence-corrected chi connectivity index (χ1v) is 14.6. The van der Waals surface area contributed by atoms with Gasteiger partial charge in [0.2, 0.25) is 10.0 Å². The van der Waals surface area contributed by atoms with Gasteiger partial charge in [-0.3, -0.25) is 14.5 Å². The molecule has 4 rings (SSSR count). The standard InChI is InChI=1S/C28H35FN2O5S/c1-18(2)26(20-11-12-24(29)25(16-20)36-17-21-15-19(21)3)30-37(34,35)14-8-4-7-13-31-27(32)22-9-5-6-10-23(22)28(31)33/h5-6,9-12,16,18-19,21,26,30H,4,7-8,13-15,17H2,1-3H3. The van der Waals surface area contributed by atoms with Crippen molar-refractivity contribution in [1.29, 1.82) is 0 Å². The number of amides is 2. The second-order valence-corrected chi connectivity index (χ2v) is 12.4. The summed E-state index contributed by atoms with van der Waals surface area (Å²) in [4.78, 5) is 26.1. The third-order valence-electron chi connectivity index (χ3n) is 7.19. The molecule has 2 aromatic rings. The Morgan fingerprint density at radius 2 is 1.70 bits per heavy atom. The number of halogens is 1. The molecule has 9 heteroatoms. The highest BCUT2D eigenvalue weighted by molar-refractivity contribution is 7.89. The van der Waals surface area contributed by atoms with Crippen molar-refractivity contribution in [1.82, 2.24) is 9.62 Å². The molecule has 2 aromatic carbocycles. The molecule has 3 atom stereocenters. The Kier molecular flexibility index (Phi) is 8.33. The van der Waals surface area contributed by atoms with Gasteiger partial charge in [-0.25, -0.2) is 17.5 Å². The zero-order valence-corrected chi connectivity index (χ0v) is 22.4. The quantitative estimate of drug-likeness (QED) is 0.292. The molecule has 3 unspecified atom stereocenters. The summed E-state index contributed by atoms with van der Waals surface area (Å²) >= 11 is 0. The minimum absolute atomic E-state index is 0.0645. The van der Waals surface area contributed by atoms with E-state index in [0.717, 1.165) is 6.42 Å². The number of carbonyl (C=O) groups is 2. The molecule has 2 amide bonds. The second-order valence-electron chi connectivity index (χ2n) is 10.5. The number of nitrogens with zero attached hydrogens (tertiary/aromatic N) is 1. The third kappa shape index (κ3) is 6.57. The van der Waals surface area contributed by atoms with Crippen LogP contribution in [0.4, 0.5) is 4.39 Å². The van der Waals surface area contributed by atoms with Crippen LogP contribution in [0, 0.1) is 23.6 Å². The summed E-state index contributed by atoms with van der Waals surface area (Å²) < 4.78 is 48.5. The zero-order valence-electron chi connectivity index (χ0n) is 21.6. The number of nitrogens with one attached hydrogen (secondary N) is 1. The van der Waals surface area contributed by atoms with Crippen molar-refractivity contribution >= 4 is 21.8 Å². The fourth-order valence-electron chi connectivity index (χ4n) is 4.67. The SMILES string of the molecule is CC(C)C(NS(=O)(=O)CCCCCN1C(=O)c2ccccc2C1=O)c1ccc(F)c(OCC2CC2C)c1. The molecule has 37 heavy (non-hydrogen) atoms. The monoisotopic (exact) mass is 530 g/mol. The van der Waals surface area contributed by atoms with E-state index >= 15 is 0 Å². The van der Waals surface area contributed by atoms with E-state index in [2.05, 4.69) is 11.6 Å². The topological polar surface area (TPSA) is 92.8 Å². The van der Waals surface area contributed by atoms with Gasteiger partial charge in [-0.1, -0.05) is 45.4 Å². The van der Waals surface area contributed by atoms with Crippen LogP contribution in [0.1, 0.15) is 78.8 Å². The van der Waals surface area contributed by atoms with Gasteiger partial charge in [-0.2, -0.15) is 0 Å². The average Bonchev–Trinajstić information content (AvgIpc) is 3.52. The van der Waals surface area contributed by atoms with E-state index in [1.54, 1.807) is 36.4 Å². The Hall–Kier alpha value is -2.78. The number of unbranched alkanes of at least 4 members (excludes halogenated alkanes) is 2. The fourth-order valence-corrected chi connectivity index (χ4v) is 6.17. The average molecular weight is 531 g/mol. The van der Waals surface area contributed by atoms with E-state index in [1.807, 2.05) is 13.8 Å². The lowest BCUT2D eigenvalue weighted by atomic mass is 9.97. The van der Waals surface area contributed by atoms with E-state index in [0.29, 0.717) is 54.4 Å². The van der Waals surface area contributed by atoms with Crippen molar-refractivity contribution in [2.75, 3.05) is 18.9 Å². The van der Waals surface area contributed by atoms with Crippen molar-refractivity contribution < 1.29 is 27.1 Å². The molecular formula is C28H35FN2O5S. The summed E-state index contributed by atoms with van der Waals surface area (Å²) in [6.45, 7) is 6.66. The molecule has 1 aliphatic carbocycles. The highest BCUT2D eigenvalue weighted by atomic mass is 32.2. The Bertz CT molecular complexity index is 1230. The highest BCUT2D eigenvalue weighted by Gasteiger charge is 2.35. The lowest BCUT2D eigenvalue weighted by Crippen LogP contribution is -2.33. The summed E-state index contributed by atoms with van der Waals surface area (Å²) in [5.41, 5.74) is 1.48. The number of benzene rings is 2. The summed E-state index contributed by atoms with van der Waals surface area (Å²) in [5.74, 6) is -0.0235. The van der Waals surface area contributed by atoms with Crippen LogP contribution in [0.15, 0.2) is 42.5 Å². The predicted octanol–water partition coefficient (Wildman–Crippen LogP) is 4.94. The maximum absolute atomic E-state index is 14.3. The van der Waals surface area contributed by atoms with Crippen LogP contribution >= 0.6 is 0 Å². The Morgan fingerprint density at radius 3 is 2.30 bits per heavy atom. The zero-order chi connectivity index (χ0) is 26.7. The van der Waals surface area contributed by atoms with E-state index in [9.17, 15) is 22.4 Å². The first kappa shape index (κ1) is 27.3. The number of fused-ring (bicyclic) bond motifs is 1. The Morgan fingerprint density at radius 1 is 1.05 bits per heavy atom. The minimum Gasteiger partial charge on any atom is -0.490 e. The summed E-state index contributed by atoms with van der Waals surface area (Å²) in [5, 5.41) is 0. The van der Waals surface area contributed by atoms with Gasteiger partial charge in [0, 0.05) is 12.6 Å². The summed E-state index contributed by atoms with van der Waals surface area (Å²) in [7, 11) is -3.62. The Labute approximate surface area is 218 Å². The molecule has 200 valence electrons. The van der Waals surface area contributed by atoms with Gasteiger partial charge in [-0.15, -0.1) is 0 Å². The third-order valence-corrected chi connectivity index (χ3v) is 8.63. The van der Waals surface area contributed by atoms with Crippen LogP contribution in [-0.4, -0.2) is 44.0 Å². The normalized spacial score (nSPS) is 19.9. The smallest absolute Gasteiger partial charge is 0.261 e. The molecule has 1 fully saturated rings. The number of ether oxygens (including phenoxy) is 1. The Balaban J connectivity index is 1.28. The van der Waals surface area contributed by atoms with Gasteiger partial charge < -0.3 is 4.74 Å². The first-order chi connectivity index (χ1) is 17.6. The molecule has 0 saturated heterocycles. The van der Waals surface area contributed by atoms with E-state index in [-0.39, 0.29) is 35.8 Å². The van der Waals surface area contributed by atoms with E-state index < -0.39 is 21.9 Å². The largest absolute Gasteiger partial charge is 0.490 e. The molecule has 7 nitrogen and oxygen atoms in total. The second kappa shape index (κ2) is 11.3.